The normalized spacial score (nSPS) is 27.7. The molecule has 120 valence electrons. The van der Waals surface area contributed by atoms with E-state index in [-0.39, 0.29) is 12.1 Å². The molecule has 0 aromatic rings. The third-order valence-electron chi connectivity index (χ3n) is 5.02. The van der Waals surface area contributed by atoms with Gasteiger partial charge >= 0.3 is 12.0 Å². The van der Waals surface area contributed by atoms with Crippen molar-refractivity contribution in [2.24, 2.45) is 5.41 Å². The summed E-state index contributed by atoms with van der Waals surface area (Å²) in [5.41, 5.74) is -0.765. The second-order valence-corrected chi connectivity index (χ2v) is 6.17. The van der Waals surface area contributed by atoms with Gasteiger partial charge in [0.1, 0.15) is 0 Å². The lowest BCUT2D eigenvalue weighted by atomic mass is 9.78. The number of amides is 2. The van der Waals surface area contributed by atoms with Gasteiger partial charge < -0.3 is 19.6 Å². The van der Waals surface area contributed by atoms with E-state index in [4.69, 9.17) is 4.74 Å². The molecule has 21 heavy (non-hydrogen) atoms. The summed E-state index contributed by atoms with van der Waals surface area (Å²) in [6, 6.07) is -0.0108. The number of carbonyl (C=O) groups excluding carboxylic acids is 1. The molecule has 0 aromatic carbocycles. The number of hydrogen-bond acceptors (Lipinski definition) is 3. The first kappa shape index (κ1) is 16.1. The van der Waals surface area contributed by atoms with E-state index >= 15 is 0 Å². The van der Waals surface area contributed by atoms with Crippen molar-refractivity contribution in [1.29, 1.82) is 0 Å². The quantitative estimate of drug-likeness (QED) is 0.862. The van der Waals surface area contributed by atoms with Crippen molar-refractivity contribution < 1.29 is 19.4 Å². The second-order valence-electron chi connectivity index (χ2n) is 6.17. The molecule has 0 aliphatic carbocycles. The maximum Gasteiger partial charge on any atom is 0.320 e. The lowest BCUT2D eigenvalue weighted by molar-refractivity contribution is -0.152. The van der Waals surface area contributed by atoms with Crippen molar-refractivity contribution in [2.45, 2.75) is 45.1 Å². The molecule has 2 aliphatic rings. The van der Waals surface area contributed by atoms with Gasteiger partial charge in [0.2, 0.25) is 0 Å². The number of methoxy groups -OCH3 is 1. The summed E-state index contributed by atoms with van der Waals surface area (Å²) in [5, 5.41) is 9.50. The van der Waals surface area contributed by atoms with E-state index < -0.39 is 11.4 Å². The average Bonchev–Trinajstić information content (AvgIpc) is 2.54. The summed E-state index contributed by atoms with van der Waals surface area (Å²) >= 11 is 0. The van der Waals surface area contributed by atoms with E-state index in [9.17, 15) is 14.7 Å². The molecule has 2 rings (SSSR count). The van der Waals surface area contributed by atoms with Gasteiger partial charge in [-0.25, -0.2) is 4.79 Å². The Hall–Kier alpha value is -1.30. The molecule has 0 bridgehead atoms. The molecule has 2 aliphatic heterocycles. The van der Waals surface area contributed by atoms with E-state index in [2.05, 4.69) is 0 Å². The standard InChI is InChI=1S/C15H26N2O4/c1-3-15(13(18)19)7-4-8-17(11-15)14(20)16-9-5-12(21-2)6-10-16/h12H,3-11H2,1-2H3,(H,18,19). The highest BCUT2D eigenvalue weighted by atomic mass is 16.5. The van der Waals surface area contributed by atoms with Crippen molar-refractivity contribution in [3.05, 3.63) is 0 Å². The van der Waals surface area contributed by atoms with Crippen LogP contribution >= 0.6 is 0 Å². The number of hydrogen-bond donors (Lipinski definition) is 1. The number of urea groups is 1. The van der Waals surface area contributed by atoms with E-state index in [0.29, 0.717) is 39.0 Å². The van der Waals surface area contributed by atoms with Crippen LogP contribution in [0.25, 0.3) is 0 Å². The summed E-state index contributed by atoms with van der Waals surface area (Å²) in [4.78, 5) is 27.7. The molecule has 1 N–H and O–H groups in total. The summed E-state index contributed by atoms with van der Waals surface area (Å²) in [6.45, 7) is 4.28. The molecule has 1 unspecified atom stereocenters. The highest BCUT2D eigenvalue weighted by molar-refractivity contribution is 5.79. The highest BCUT2D eigenvalue weighted by Crippen LogP contribution is 2.34. The summed E-state index contributed by atoms with van der Waals surface area (Å²) in [5.74, 6) is -0.777. The monoisotopic (exact) mass is 298 g/mol. The fourth-order valence-corrected chi connectivity index (χ4v) is 3.39. The molecule has 2 saturated heterocycles. The minimum atomic E-state index is -0.777. The highest BCUT2D eigenvalue weighted by Gasteiger charge is 2.43. The molecule has 0 saturated carbocycles. The predicted octanol–water partition coefficient (Wildman–Crippen LogP) is 1.79. The Morgan fingerprint density at radius 3 is 2.43 bits per heavy atom. The number of carbonyl (C=O) groups is 2. The number of aliphatic carboxylic acids is 1. The molecule has 0 radical (unpaired) electrons. The zero-order valence-electron chi connectivity index (χ0n) is 13.0. The lowest BCUT2D eigenvalue weighted by Crippen LogP contribution is -2.54. The van der Waals surface area contributed by atoms with Crippen molar-refractivity contribution >= 4 is 12.0 Å². The van der Waals surface area contributed by atoms with Crippen LogP contribution in [0.1, 0.15) is 39.0 Å². The first-order valence-corrected chi connectivity index (χ1v) is 7.82. The molecular formula is C15H26N2O4. The molecule has 6 heteroatoms. The van der Waals surface area contributed by atoms with Gasteiger partial charge in [0.25, 0.3) is 0 Å². The molecule has 0 spiro atoms. The van der Waals surface area contributed by atoms with Gasteiger partial charge in [0.15, 0.2) is 0 Å². The molecule has 6 nitrogen and oxygen atoms in total. The molecule has 1 atom stereocenters. The fourth-order valence-electron chi connectivity index (χ4n) is 3.39. The second kappa shape index (κ2) is 6.64. The number of ether oxygens (including phenoxy) is 1. The van der Waals surface area contributed by atoms with Gasteiger partial charge in [0, 0.05) is 33.3 Å². The van der Waals surface area contributed by atoms with Crippen molar-refractivity contribution in [1.82, 2.24) is 9.80 Å². The Bertz CT molecular complexity index is 393. The van der Waals surface area contributed by atoms with Crippen LogP contribution in [0.5, 0.6) is 0 Å². The minimum Gasteiger partial charge on any atom is -0.481 e. The van der Waals surface area contributed by atoms with Crippen LogP contribution in [0, 0.1) is 5.41 Å². The predicted molar refractivity (Wildman–Crippen MR) is 78.2 cm³/mol. The van der Waals surface area contributed by atoms with Crippen LogP contribution in [-0.2, 0) is 9.53 Å². The van der Waals surface area contributed by atoms with Gasteiger partial charge in [-0.15, -0.1) is 0 Å². The first-order valence-electron chi connectivity index (χ1n) is 7.82. The average molecular weight is 298 g/mol. The van der Waals surface area contributed by atoms with Gasteiger partial charge in [-0.3, -0.25) is 4.79 Å². The Morgan fingerprint density at radius 2 is 1.90 bits per heavy atom. The molecule has 2 fully saturated rings. The first-order chi connectivity index (χ1) is 10.0. The van der Waals surface area contributed by atoms with Crippen molar-refractivity contribution in [3.8, 4) is 0 Å². The Morgan fingerprint density at radius 1 is 1.24 bits per heavy atom. The van der Waals surface area contributed by atoms with Gasteiger partial charge in [-0.05, 0) is 32.1 Å². The van der Waals surface area contributed by atoms with Gasteiger partial charge in [-0.1, -0.05) is 6.92 Å². The number of piperidine rings is 2. The zero-order chi connectivity index (χ0) is 15.5. The Kier molecular flexibility index (Phi) is 5.08. The summed E-state index contributed by atoms with van der Waals surface area (Å²) in [6.07, 6.45) is 3.94. The minimum absolute atomic E-state index is 0.0108. The van der Waals surface area contributed by atoms with E-state index in [1.807, 2.05) is 11.8 Å². The molecule has 0 aromatic heterocycles. The van der Waals surface area contributed by atoms with E-state index in [0.717, 1.165) is 19.3 Å². The van der Waals surface area contributed by atoms with Crippen LogP contribution in [0.2, 0.25) is 0 Å². The van der Waals surface area contributed by atoms with Crippen LogP contribution in [0.3, 0.4) is 0 Å². The third kappa shape index (κ3) is 3.31. The summed E-state index contributed by atoms with van der Waals surface area (Å²) in [7, 11) is 1.70. The Labute approximate surface area is 126 Å². The maximum atomic E-state index is 12.6. The zero-order valence-corrected chi connectivity index (χ0v) is 13.0. The van der Waals surface area contributed by atoms with E-state index in [1.165, 1.54) is 0 Å². The number of rotatable bonds is 3. The van der Waals surface area contributed by atoms with Crippen molar-refractivity contribution in [2.75, 3.05) is 33.3 Å². The van der Waals surface area contributed by atoms with Crippen molar-refractivity contribution in [3.63, 3.8) is 0 Å². The fraction of sp³-hybridized carbons (Fsp3) is 0.867. The topological polar surface area (TPSA) is 70.1 Å². The number of nitrogens with zero attached hydrogens (tertiary/aromatic N) is 2. The third-order valence-corrected chi connectivity index (χ3v) is 5.02. The molecule has 2 heterocycles. The largest absolute Gasteiger partial charge is 0.481 e. The van der Waals surface area contributed by atoms with Crippen LogP contribution in [0.15, 0.2) is 0 Å². The van der Waals surface area contributed by atoms with Gasteiger partial charge in [-0.2, -0.15) is 0 Å². The smallest absolute Gasteiger partial charge is 0.320 e. The molecular weight excluding hydrogens is 272 g/mol. The summed E-state index contributed by atoms with van der Waals surface area (Å²) < 4.78 is 5.32. The number of likely N-dealkylation sites (tertiary alicyclic amines) is 2. The number of carboxylic acids is 1. The van der Waals surface area contributed by atoms with Crippen LogP contribution in [-0.4, -0.2) is 66.3 Å². The van der Waals surface area contributed by atoms with E-state index in [1.54, 1.807) is 12.0 Å². The van der Waals surface area contributed by atoms with Crippen LogP contribution < -0.4 is 0 Å². The number of carboxylic acid groups (broad SMARTS) is 1. The van der Waals surface area contributed by atoms with Crippen LogP contribution in [0.4, 0.5) is 4.79 Å². The van der Waals surface area contributed by atoms with Gasteiger partial charge in [0.05, 0.1) is 11.5 Å². The maximum absolute atomic E-state index is 12.6. The molecule has 2 amide bonds. The lowest BCUT2D eigenvalue weighted by Gasteiger charge is -2.42. The Balaban J connectivity index is 1.98. The SMILES string of the molecule is CCC1(C(=O)O)CCCN(C(=O)N2CCC(OC)CC2)C1.